The monoisotopic (exact) mass is 468 g/mol. The fourth-order valence-electron chi connectivity index (χ4n) is 3.81. The molecular weight excluding hydrogens is 436 g/mol. The van der Waals surface area contributed by atoms with Gasteiger partial charge in [-0.3, -0.25) is 9.69 Å². The van der Waals surface area contributed by atoms with Gasteiger partial charge in [-0.2, -0.15) is 0 Å². The minimum atomic E-state index is -0.141. The van der Waals surface area contributed by atoms with Crippen molar-refractivity contribution >= 4 is 17.6 Å². The summed E-state index contributed by atoms with van der Waals surface area (Å²) in [6.07, 6.45) is 0.908. The Morgan fingerprint density at radius 1 is 1.06 bits per heavy atom. The van der Waals surface area contributed by atoms with E-state index in [0.717, 1.165) is 12.0 Å². The Labute approximate surface area is 200 Å². The predicted molar refractivity (Wildman–Crippen MR) is 128 cm³/mol. The van der Waals surface area contributed by atoms with Crippen molar-refractivity contribution in [3.8, 4) is 17.2 Å². The Morgan fingerprint density at radius 3 is 2.65 bits per heavy atom. The van der Waals surface area contributed by atoms with Crippen LogP contribution in [0.15, 0.2) is 42.5 Å². The molecule has 0 aliphatic carbocycles. The summed E-state index contributed by atoms with van der Waals surface area (Å²) in [6.45, 7) is 7.50. The molecule has 2 aromatic carbocycles. The van der Waals surface area contributed by atoms with Gasteiger partial charge in [0.05, 0.1) is 6.54 Å². The van der Waals surface area contributed by atoms with E-state index in [1.807, 2.05) is 56.3 Å². The smallest absolute Gasteiger partial charge is 0.321 e. The maximum absolute atomic E-state index is 12.7. The molecule has 2 heterocycles. The molecule has 9 heteroatoms. The summed E-state index contributed by atoms with van der Waals surface area (Å²) in [7, 11) is 0. The number of carbonyl (C=O) groups is 2. The van der Waals surface area contributed by atoms with Crippen LogP contribution in [0.4, 0.5) is 10.5 Å². The van der Waals surface area contributed by atoms with E-state index in [4.69, 9.17) is 14.2 Å². The van der Waals surface area contributed by atoms with Crippen molar-refractivity contribution in [2.45, 2.75) is 32.9 Å². The quantitative estimate of drug-likeness (QED) is 0.619. The van der Waals surface area contributed by atoms with Gasteiger partial charge in [0.1, 0.15) is 12.4 Å². The van der Waals surface area contributed by atoms with Crippen LogP contribution in [-0.2, 0) is 11.4 Å². The number of urea groups is 1. The van der Waals surface area contributed by atoms with Crippen molar-refractivity contribution in [1.29, 1.82) is 0 Å². The Hall–Kier alpha value is -3.46. The molecule has 2 aliphatic heterocycles. The standard InChI is InChI=1S/C25H32N4O5/c1-3-18(2)26-24(30)15-28-9-11-29(12-10-28)25(31)27-20-6-4-5-19(13-20)16-32-21-7-8-22-23(14-21)34-17-33-22/h4-8,13-14,18H,3,9-12,15-17H2,1-2H3,(H,26,30)(H,27,31). The van der Waals surface area contributed by atoms with E-state index >= 15 is 0 Å². The van der Waals surface area contributed by atoms with Gasteiger partial charge in [0.2, 0.25) is 12.7 Å². The zero-order valence-electron chi connectivity index (χ0n) is 19.7. The minimum Gasteiger partial charge on any atom is -0.489 e. The number of ether oxygens (including phenoxy) is 3. The van der Waals surface area contributed by atoms with Gasteiger partial charge in [-0.15, -0.1) is 0 Å². The SMILES string of the molecule is CCC(C)NC(=O)CN1CCN(C(=O)Nc2cccc(COc3ccc4c(c3)OCO4)c2)CC1. The highest BCUT2D eigenvalue weighted by Gasteiger charge is 2.23. The molecule has 2 aromatic rings. The van der Waals surface area contributed by atoms with Crippen molar-refractivity contribution in [1.82, 2.24) is 15.1 Å². The Bertz CT molecular complexity index is 1010. The van der Waals surface area contributed by atoms with Crippen molar-refractivity contribution in [3.63, 3.8) is 0 Å². The van der Waals surface area contributed by atoms with Crippen molar-refractivity contribution in [3.05, 3.63) is 48.0 Å². The summed E-state index contributed by atoms with van der Waals surface area (Å²) in [6, 6.07) is 13.1. The Balaban J connectivity index is 1.23. The van der Waals surface area contributed by atoms with Crippen LogP contribution in [-0.4, -0.2) is 67.3 Å². The molecule has 2 aliphatic rings. The number of piperazine rings is 1. The van der Waals surface area contributed by atoms with Gasteiger partial charge in [-0.25, -0.2) is 4.79 Å². The number of hydrogen-bond donors (Lipinski definition) is 2. The topological polar surface area (TPSA) is 92.4 Å². The van der Waals surface area contributed by atoms with Crippen LogP contribution < -0.4 is 24.8 Å². The fourth-order valence-corrected chi connectivity index (χ4v) is 3.81. The molecule has 0 aromatic heterocycles. The van der Waals surface area contributed by atoms with Gasteiger partial charge in [0.25, 0.3) is 0 Å². The van der Waals surface area contributed by atoms with E-state index in [0.29, 0.717) is 62.3 Å². The highest BCUT2D eigenvalue weighted by molar-refractivity contribution is 5.89. The van der Waals surface area contributed by atoms with E-state index in [1.54, 1.807) is 4.90 Å². The molecule has 3 amide bonds. The molecule has 1 saturated heterocycles. The minimum absolute atomic E-state index is 0.0343. The number of anilines is 1. The molecule has 2 N–H and O–H groups in total. The molecule has 0 radical (unpaired) electrons. The zero-order valence-corrected chi connectivity index (χ0v) is 19.7. The van der Waals surface area contributed by atoms with Crippen LogP contribution in [0.1, 0.15) is 25.8 Å². The average molecular weight is 469 g/mol. The maximum atomic E-state index is 12.7. The Kier molecular flexibility index (Phi) is 7.74. The first kappa shape index (κ1) is 23.7. The number of hydrogen-bond acceptors (Lipinski definition) is 6. The van der Waals surface area contributed by atoms with Crippen LogP contribution in [0.25, 0.3) is 0 Å². The second-order valence-corrected chi connectivity index (χ2v) is 8.57. The lowest BCUT2D eigenvalue weighted by molar-refractivity contribution is -0.123. The van der Waals surface area contributed by atoms with Crippen LogP contribution in [0.3, 0.4) is 0 Å². The molecule has 4 rings (SSSR count). The lowest BCUT2D eigenvalue weighted by Gasteiger charge is -2.34. The van der Waals surface area contributed by atoms with Crippen LogP contribution in [0.2, 0.25) is 0 Å². The van der Waals surface area contributed by atoms with E-state index < -0.39 is 0 Å². The first-order chi connectivity index (χ1) is 16.5. The van der Waals surface area contributed by atoms with E-state index in [-0.39, 0.29) is 24.8 Å². The first-order valence-corrected chi connectivity index (χ1v) is 11.7. The van der Waals surface area contributed by atoms with Gasteiger partial charge >= 0.3 is 6.03 Å². The van der Waals surface area contributed by atoms with Crippen molar-refractivity contribution in [2.75, 3.05) is 44.8 Å². The molecule has 1 atom stereocenters. The summed E-state index contributed by atoms with van der Waals surface area (Å²) in [5.41, 5.74) is 1.65. The third-order valence-electron chi connectivity index (χ3n) is 5.97. The maximum Gasteiger partial charge on any atom is 0.321 e. The van der Waals surface area contributed by atoms with E-state index in [1.165, 1.54) is 0 Å². The molecule has 0 spiro atoms. The van der Waals surface area contributed by atoms with Crippen molar-refractivity contribution in [2.24, 2.45) is 0 Å². The normalized spacial score (nSPS) is 16.1. The summed E-state index contributed by atoms with van der Waals surface area (Å²) in [5, 5.41) is 5.96. The second-order valence-electron chi connectivity index (χ2n) is 8.57. The average Bonchev–Trinajstić information content (AvgIpc) is 3.31. The third kappa shape index (κ3) is 6.32. The molecule has 182 valence electrons. The van der Waals surface area contributed by atoms with Crippen molar-refractivity contribution < 1.29 is 23.8 Å². The zero-order chi connectivity index (χ0) is 23.9. The molecule has 9 nitrogen and oxygen atoms in total. The molecule has 0 bridgehead atoms. The first-order valence-electron chi connectivity index (χ1n) is 11.7. The van der Waals surface area contributed by atoms with Gasteiger partial charge < -0.3 is 29.7 Å². The summed E-state index contributed by atoms with van der Waals surface area (Å²) < 4.78 is 16.6. The highest BCUT2D eigenvalue weighted by Crippen LogP contribution is 2.35. The summed E-state index contributed by atoms with van der Waals surface area (Å²) in [4.78, 5) is 28.7. The van der Waals surface area contributed by atoms with Crippen LogP contribution >= 0.6 is 0 Å². The number of amides is 3. The van der Waals surface area contributed by atoms with Crippen LogP contribution in [0.5, 0.6) is 17.2 Å². The van der Waals surface area contributed by atoms with Gasteiger partial charge in [0, 0.05) is 44.0 Å². The van der Waals surface area contributed by atoms with Gasteiger partial charge in [0.15, 0.2) is 11.5 Å². The highest BCUT2D eigenvalue weighted by atomic mass is 16.7. The molecular formula is C25H32N4O5. The lowest BCUT2D eigenvalue weighted by atomic mass is 10.2. The van der Waals surface area contributed by atoms with Gasteiger partial charge in [-0.1, -0.05) is 19.1 Å². The summed E-state index contributed by atoms with van der Waals surface area (Å²) >= 11 is 0. The second kappa shape index (κ2) is 11.1. The number of carbonyl (C=O) groups excluding carboxylic acids is 2. The predicted octanol–water partition coefficient (Wildman–Crippen LogP) is 3.06. The molecule has 1 fully saturated rings. The lowest BCUT2D eigenvalue weighted by Crippen LogP contribution is -2.52. The fraction of sp³-hybridized carbons (Fsp3) is 0.440. The number of rotatable bonds is 8. The molecule has 34 heavy (non-hydrogen) atoms. The van der Waals surface area contributed by atoms with E-state index in [2.05, 4.69) is 15.5 Å². The van der Waals surface area contributed by atoms with Gasteiger partial charge in [-0.05, 0) is 43.2 Å². The van der Waals surface area contributed by atoms with E-state index in [9.17, 15) is 9.59 Å². The number of benzene rings is 2. The molecule has 0 saturated carbocycles. The summed E-state index contributed by atoms with van der Waals surface area (Å²) in [5.74, 6) is 2.11. The Morgan fingerprint density at radius 2 is 1.85 bits per heavy atom. The number of nitrogens with one attached hydrogen (secondary N) is 2. The molecule has 1 unspecified atom stereocenters. The third-order valence-corrected chi connectivity index (χ3v) is 5.97. The largest absolute Gasteiger partial charge is 0.489 e. The van der Waals surface area contributed by atoms with Crippen LogP contribution in [0, 0.1) is 0 Å². The number of fused-ring (bicyclic) bond motifs is 1. The number of nitrogens with zero attached hydrogens (tertiary/aromatic N) is 2.